The quantitative estimate of drug-likeness (QED) is 0.750. The van der Waals surface area contributed by atoms with Crippen LogP contribution in [0, 0.1) is 5.92 Å². The second-order valence-corrected chi connectivity index (χ2v) is 4.74. The molecule has 0 radical (unpaired) electrons. The first kappa shape index (κ1) is 10.4. The Morgan fingerprint density at radius 3 is 2.79 bits per heavy atom. The van der Waals surface area contributed by atoms with Gasteiger partial charge in [-0.2, -0.15) is 0 Å². The van der Waals surface area contributed by atoms with Crippen LogP contribution in [0.15, 0.2) is 0 Å². The minimum atomic E-state index is 0.507. The molecule has 82 valence electrons. The molecular formula is C12H23NO. The summed E-state index contributed by atoms with van der Waals surface area (Å²) in [5, 5.41) is 3.37. The lowest BCUT2D eigenvalue weighted by molar-refractivity contribution is -0.0522. The van der Waals surface area contributed by atoms with Crippen LogP contribution in [0.5, 0.6) is 0 Å². The predicted molar refractivity (Wildman–Crippen MR) is 58.4 cm³/mol. The van der Waals surface area contributed by atoms with E-state index in [-0.39, 0.29) is 0 Å². The topological polar surface area (TPSA) is 21.3 Å². The fraction of sp³-hybridized carbons (Fsp3) is 1.00. The molecule has 2 nitrogen and oxygen atoms in total. The third-order valence-electron chi connectivity index (χ3n) is 3.75. The molecule has 0 aromatic carbocycles. The Labute approximate surface area is 87.4 Å². The smallest absolute Gasteiger partial charge is 0.0715 e. The van der Waals surface area contributed by atoms with Gasteiger partial charge in [0.1, 0.15) is 0 Å². The van der Waals surface area contributed by atoms with Gasteiger partial charge < -0.3 is 10.1 Å². The van der Waals surface area contributed by atoms with E-state index in [2.05, 4.69) is 12.2 Å². The molecule has 0 aromatic rings. The molecule has 2 unspecified atom stereocenters. The van der Waals surface area contributed by atoms with Crippen molar-refractivity contribution in [1.82, 2.24) is 5.32 Å². The zero-order valence-corrected chi connectivity index (χ0v) is 9.30. The van der Waals surface area contributed by atoms with Crippen molar-refractivity contribution in [2.45, 2.75) is 57.7 Å². The summed E-state index contributed by atoms with van der Waals surface area (Å²) in [4.78, 5) is 0. The van der Waals surface area contributed by atoms with Crippen molar-refractivity contribution in [2.24, 2.45) is 5.92 Å². The van der Waals surface area contributed by atoms with E-state index in [9.17, 15) is 0 Å². The van der Waals surface area contributed by atoms with Crippen LogP contribution in [0.1, 0.15) is 45.4 Å². The van der Waals surface area contributed by atoms with Crippen molar-refractivity contribution in [3.8, 4) is 0 Å². The predicted octanol–water partition coefficient (Wildman–Crippen LogP) is 2.33. The number of ether oxygens (including phenoxy) is 1. The van der Waals surface area contributed by atoms with Crippen LogP contribution in [0.2, 0.25) is 0 Å². The van der Waals surface area contributed by atoms with Crippen LogP contribution in [0.25, 0.3) is 0 Å². The summed E-state index contributed by atoms with van der Waals surface area (Å²) in [7, 11) is 0. The highest BCUT2D eigenvalue weighted by Crippen LogP contribution is 2.30. The largest absolute Gasteiger partial charge is 0.373 e. The van der Waals surface area contributed by atoms with E-state index < -0.39 is 0 Å². The van der Waals surface area contributed by atoms with Gasteiger partial charge in [-0.15, -0.1) is 0 Å². The highest BCUT2D eigenvalue weighted by Gasteiger charge is 2.27. The maximum atomic E-state index is 6.19. The maximum Gasteiger partial charge on any atom is 0.0715 e. The maximum absolute atomic E-state index is 6.19. The highest BCUT2D eigenvalue weighted by molar-refractivity contribution is 4.79. The highest BCUT2D eigenvalue weighted by atomic mass is 16.5. The zero-order valence-electron chi connectivity index (χ0n) is 9.30. The van der Waals surface area contributed by atoms with Crippen molar-refractivity contribution >= 4 is 0 Å². The molecule has 2 rings (SSSR count). The lowest BCUT2D eigenvalue weighted by atomic mass is 9.84. The Morgan fingerprint density at radius 2 is 2.07 bits per heavy atom. The van der Waals surface area contributed by atoms with Crippen LogP contribution < -0.4 is 5.32 Å². The van der Waals surface area contributed by atoms with E-state index >= 15 is 0 Å². The number of nitrogens with one attached hydrogen (secondary N) is 1. The zero-order chi connectivity index (χ0) is 9.80. The van der Waals surface area contributed by atoms with E-state index in [0.29, 0.717) is 12.2 Å². The van der Waals surface area contributed by atoms with Crippen molar-refractivity contribution in [3.05, 3.63) is 0 Å². The molecule has 3 atom stereocenters. The minimum absolute atomic E-state index is 0.507. The van der Waals surface area contributed by atoms with Gasteiger partial charge in [-0.05, 0) is 31.7 Å². The van der Waals surface area contributed by atoms with E-state index in [0.717, 1.165) is 19.0 Å². The average Bonchev–Trinajstić information content (AvgIpc) is 2.71. The Bertz CT molecular complexity index is 166. The summed E-state index contributed by atoms with van der Waals surface area (Å²) in [6, 6.07) is 0. The number of hydrogen-bond acceptors (Lipinski definition) is 2. The molecule has 0 amide bonds. The van der Waals surface area contributed by atoms with Crippen LogP contribution in [0.4, 0.5) is 0 Å². The Morgan fingerprint density at radius 1 is 1.21 bits per heavy atom. The molecule has 2 aliphatic rings. The SMILES string of the molecule is CCC1CCCCC1O[C@@H]1CCNC1. The summed E-state index contributed by atoms with van der Waals surface area (Å²) >= 11 is 0. The average molecular weight is 197 g/mol. The lowest BCUT2D eigenvalue weighted by Gasteiger charge is -2.32. The second kappa shape index (κ2) is 5.13. The van der Waals surface area contributed by atoms with Crippen LogP contribution in [-0.4, -0.2) is 25.3 Å². The van der Waals surface area contributed by atoms with Crippen molar-refractivity contribution in [2.75, 3.05) is 13.1 Å². The normalized spacial score (nSPS) is 38.8. The summed E-state index contributed by atoms with van der Waals surface area (Å²) in [6.45, 7) is 4.53. The lowest BCUT2D eigenvalue weighted by Crippen LogP contribution is -2.32. The van der Waals surface area contributed by atoms with Gasteiger partial charge in [-0.1, -0.05) is 26.2 Å². The van der Waals surface area contributed by atoms with Crippen molar-refractivity contribution in [3.63, 3.8) is 0 Å². The molecule has 1 saturated carbocycles. The first-order valence-electron chi connectivity index (χ1n) is 6.26. The van der Waals surface area contributed by atoms with Gasteiger partial charge >= 0.3 is 0 Å². The molecule has 1 heterocycles. The van der Waals surface area contributed by atoms with E-state index in [4.69, 9.17) is 4.74 Å². The van der Waals surface area contributed by atoms with Gasteiger partial charge in [0.2, 0.25) is 0 Å². The molecule has 1 saturated heterocycles. The summed E-state index contributed by atoms with van der Waals surface area (Å²) < 4.78 is 6.19. The Hall–Kier alpha value is -0.0800. The fourth-order valence-corrected chi connectivity index (χ4v) is 2.81. The first-order chi connectivity index (χ1) is 6.90. The molecule has 2 heteroatoms. The summed E-state index contributed by atoms with van der Waals surface area (Å²) in [5.41, 5.74) is 0. The molecule has 1 N–H and O–H groups in total. The van der Waals surface area contributed by atoms with Crippen LogP contribution in [-0.2, 0) is 4.74 Å². The summed E-state index contributed by atoms with van der Waals surface area (Å²) in [6.07, 6.45) is 9.07. The van der Waals surface area contributed by atoms with Crippen LogP contribution in [0.3, 0.4) is 0 Å². The van der Waals surface area contributed by atoms with Crippen molar-refractivity contribution in [1.29, 1.82) is 0 Å². The van der Waals surface area contributed by atoms with E-state index in [1.807, 2.05) is 0 Å². The fourth-order valence-electron chi connectivity index (χ4n) is 2.81. The molecule has 1 aliphatic heterocycles. The number of rotatable bonds is 3. The molecule has 1 aliphatic carbocycles. The van der Waals surface area contributed by atoms with Gasteiger partial charge in [0.15, 0.2) is 0 Å². The minimum Gasteiger partial charge on any atom is -0.373 e. The molecule has 2 fully saturated rings. The first-order valence-corrected chi connectivity index (χ1v) is 6.26. The Balaban J connectivity index is 1.81. The molecule has 0 bridgehead atoms. The molecular weight excluding hydrogens is 174 g/mol. The van der Waals surface area contributed by atoms with Crippen LogP contribution >= 0.6 is 0 Å². The standard InChI is InChI=1S/C12H23NO/c1-2-10-5-3-4-6-12(10)14-11-7-8-13-9-11/h10-13H,2-9H2,1H3/t10?,11-,12?/m1/s1. The third kappa shape index (κ3) is 2.48. The van der Waals surface area contributed by atoms with Crippen molar-refractivity contribution < 1.29 is 4.74 Å². The third-order valence-corrected chi connectivity index (χ3v) is 3.75. The summed E-state index contributed by atoms with van der Waals surface area (Å²) in [5.74, 6) is 0.837. The van der Waals surface area contributed by atoms with E-state index in [1.54, 1.807) is 0 Å². The van der Waals surface area contributed by atoms with Gasteiger partial charge in [0.05, 0.1) is 12.2 Å². The van der Waals surface area contributed by atoms with E-state index in [1.165, 1.54) is 38.5 Å². The second-order valence-electron chi connectivity index (χ2n) is 4.74. The van der Waals surface area contributed by atoms with Gasteiger partial charge in [0, 0.05) is 6.54 Å². The monoisotopic (exact) mass is 197 g/mol. The molecule has 14 heavy (non-hydrogen) atoms. The van der Waals surface area contributed by atoms with Gasteiger partial charge in [-0.3, -0.25) is 0 Å². The van der Waals surface area contributed by atoms with Gasteiger partial charge in [0.25, 0.3) is 0 Å². The molecule has 0 spiro atoms. The number of hydrogen-bond donors (Lipinski definition) is 1. The Kier molecular flexibility index (Phi) is 3.82. The molecule has 0 aromatic heterocycles. The van der Waals surface area contributed by atoms with Gasteiger partial charge in [-0.25, -0.2) is 0 Å².